The second-order valence-electron chi connectivity index (χ2n) is 4.83. The lowest BCUT2D eigenvalue weighted by molar-refractivity contribution is -0.274. The third-order valence-corrected chi connectivity index (χ3v) is 3.85. The average molecular weight is 372 g/mol. The molecule has 1 aromatic carbocycles. The van der Waals surface area contributed by atoms with Crippen LogP contribution in [0.15, 0.2) is 27.1 Å². The monoisotopic (exact) mass is 371 g/mol. The van der Waals surface area contributed by atoms with Gasteiger partial charge in [0.1, 0.15) is 16.7 Å². The van der Waals surface area contributed by atoms with E-state index in [1.165, 1.54) is 12.1 Å². The van der Waals surface area contributed by atoms with E-state index < -0.39 is 27.8 Å². The van der Waals surface area contributed by atoms with Crippen molar-refractivity contribution >= 4 is 33.1 Å². The minimum atomic E-state index is -4.80. The van der Waals surface area contributed by atoms with E-state index >= 15 is 0 Å². The maximum Gasteiger partial charge on any atom is 0.573 e. The van der Waals surface area contributed by atoms with Crippen molar-refractivity contribution in [2.75, 3.05) is 0 Å². The lowest BCUT2D eigenvalue weighted by Gasteiger charge is -2.14. The average Bonchev–Trinajstić information content (AvgIpc) is 2.24. The summed E-state index contributed by atoms with van der Waals surface area (Å²) >= 11 is 3.06. The van der Waals surface area contributed by atoms with E-state index in [1.807, 2.05) is 0 Å². The molecule has 0 aliphatic heterocycles. The van der Waals surface area contributed by atoms with Gasteiger partial charge in [-0.05, 0) is 39.0 Å². The number of ether oxygens (including phenoxy) is 1. The van der Waals surface area contributed by atoms with E-state index in [-0.39, 0.29) is 5.56 Å². The number of benzene rings is 1. The number of hydrogen-bond acceptors (Lipinski definition) is 2. The number of alkyl halides is 3. The molecule has 0 N–H and O–H groups in total. The first kappa shape index (κ1) is 17.2. The third-order valence-electron chi connectivity index (χ3n) is 2.01. The Balaban J connectivity index is 3.07. The molecule has 20 heavy (non-hydrogen) atoms. The molecule has 0 radical (unpaired) electrons. The largest absolute Gasteiger partial charge is 0.573 e. The molecule has 0 bridgehead atoms. The van der Waals surface area contributed by atoms with Gasteiger partial charge in [-0.3, -0.25) is 0 Å². The molecule has 0 spiro atoms. The van der Waals surface area contributed by atoms with Crippen molar-refractivity contribution < 1.29 is 22.1 Å². The van der Waals surface area contributed by atoms with Crippen LogP contribution in [0.3, 0.4) is 0 Å². The summed E-state index contributed by atoms with van der Waals surface area (Å²) in [5.74, 6) is -0.401. The van der Waals surface area contributed by atoms with Gasteiger partial charge in [-0.25, -0.2) is 4.21 Å². The molecule has 1 atom stereocenters. The standard InChI is InChI=1S/C12H13BrF3NO2S/c1-11(2,3)20(18)17-7-8-4-5-9(13)6-10(8)19-12(14,15)16/h4-7H,1-3H3. The molecule has 0 saturated heterocycles. The van der Waals surface area contributed by atoms with E-state index in [1.54, 1.807) is 26.8 Å². The molecule has 0 aromatic heterocycles. The van der Waals surface area contributed by atoms with Crippen LogP contribution in [0.4, 0.5) is 13.2 Å². The Morgan fingerprint density at radius 2 is 1.90 bits per heavy atom. The summed E-state index contributed by atoms with van der Waals surface area (Å²) in [5.41, 5.74) is 0.100. The molecule has 112 valence electrons. The molecule has 1 unspecified atom stereocenters. The fourth-order valence-electron chi connectivity index (χ4n) is 1.09. The molecular weight excluding hydrogens is 359 g/mol. The van der Waals surface area contributed by atoms with E-state index in [0.717, 1.165) is 6.21 Å². The van der Waals surface area contributed by atoms with Gasteiger partial charge in [0.2, 0.25) is 0 Å². The van der Waals surface area contributed by atoms with Crippen molar-refractivity contribution in [2.45, 2.75) is 31.9 Å². The van der Waals surface area contributed by atoms with Gasteiger partial charge >= 0.3 is 6.36 Å². The second kappa shape index (κ2) is 6.26. The first-order valence-corrected chi connectivity index (χ1v) is 7.40. The number of rotatable bonds is 3. The predicted octanol–water partition coefficient (Wildman–Crippen LogP) is 4.23. The molecule has 0 heterocycles. The molecule has 1 aromatic rings. The minimum absolute atomic E-state index is 0.100. The number of hydrogen-bond donors (Lipinski definition) is 0. The Morgan fingerprint density at radius 1 is 1.30 bits per heavy atom. The van der Waals surface area contributed by atoms with Crippen LogP contribution in [-0.2, 0) is 11.0 Å². The van der Waals surface area contributed by atoms with Crippen LogP contribution in [-0.4, -0.2) is 21.5 Å². The van der Waals surface area contributed by atoms with E-state index in [9.17, 15) is 17.4 Å². The van der Waals surface area contributed by atoms with Gasteiger partial charge in [0.05, 0.1) is 4.75 Å². The first-order valence-electron chi connectivity index (χ1n) is 5.50. The molecule has 0 aliphatic rings. The zero-order valence-corrected chi connectivity index (χ0v) is 13.4. The summed E-state index contributed by atoms with van der Waals surface area (Å²) < 4.78 is 56.2. The SMILES string of the molecule is CC(C)(C)S(=O)N=Cc1ccc(Br)cc1OC(F)(F)F. The van der Waals surface area contributed by atoms with Crippen LogP contribution in [0, 0.1) is 0 Å². The van der Waals surface area contributed by atoms with Crippen molar-refractivity contribution in [3.05, 3.63) is 28.2 Å². The van der Waals surface area contributed by atoms with Crippen molar-refractivity contribution in [3.8, 4) is 5.75 Å². The highest BCUT2D eigenvalue weighted by Gasteiger charge is 2.32. The third kappa shape index (κ3) is 5.62. The van der Waals surface area contributed by atoms with Crippen LogP contribution in [0.2, 0.25) is 0 Å². The van der Waals surface area contributed by atoms with Crippen molar-refractivity contribution in [1.29, 1.82) is 0 Å². The van der Waals surface area contributed by atoms with Crippen LogP contribution in [0.1, 0.15) is 26.3 Å². The lowest BCUT2D eigenvalue weighted by atomic mass is 10.2. The predicted molar refractivity (Wildman–Crippen MR) is 76.3 cm³/mol. The van der Waals surface area contributed by atoms with Crippen LogP contribution in [0.25, 0.3) is 0 Å². The van der Waals surface area contributed by atoms with E-state index in [4.69, 9.17) is 0 Å². The second-order valence-corrected chi connectivity index (χ2v) is 7.68. The van der Waals surface area contributed by atoms with Gasteiger partial charge in [0.25, 0.3) is 0 Å². The Morgan fingerprint density at radius 3 is 2.40 bits per heavy atom. The number of nitrogens with zero attached hydrogens (tertiary/aromatic N) is 1. The highest BCUT2D eigenvalue weighted by atomic mass is 79.9. The van der Waals surface area contributed by atoms with Gasteiger partial charge in [-0.15, -0.1) is 13.2 Å². The van der Waals surface area contributed by atoms with Crippen LogP contribution < -0.4 is 4.74 Å². The minimum Gasteiger partial charge on any atom is -0.405 e. The highest BCUT2D eigenvalue weighted by molar-refractivity contribution is 9.10. The summed E-state index contributed by atoms with van der Waals surface area (Å²) in [4.78, 5) is 0. The fourth-order valence-corrected chi connectivity index (χ4v) is 1.96. The van der Waals surface area contributed by atoms with Gasteiger partial charge in [0, 0.05) is 16.3 Å². The summed E-state index contributed by atoms with van der Waals surface area (Å²) in [6.45, 7) is 5.15. The Hall–Kier alpha value is -0.890. The van der Waals surface area contributed by atoms with Crippen molar-refractivity contribution in [2.24, 2.45) is 4.40 Å². The topological polar surface area (TPSA) is 38.7 Å². The zero-order valence-electron chi connectivity index (χ0n) is 11.0. The summed E-state index contributed by atoms with van der Waals surface area (Å²) in [6, 6.07) is 4.12. The van der Waals surface area contributed by atoms with Crippen LogP contribution >= 0.6 is 15.9 Å². The molecule has 0 fully saturated rings. The van der Waals surface area contributed by atoms with Gasteiger partial charge in [0.15, 0.2) is 0 Å². The molecule has 8 heteroatoms. The summed E-state index contributed by atoms with van der Waals surface area (Å²) in [5, 5.41) is 0. The lowest BCUT2D eigenvalue weighted by Crippen LogP contribution is -2.20. The number of halogens is 4. The van der Waals surface area contributed by atoms with Gasteiger partial charge in [-0.2, -0.15) is 4.40 Å². The maximum atomic E-state index is 12.3. The molecular formula is C12H13BrF3NO2S. The van der Waals surface area contributed by atoms with E-state index in [0.29, 0.717) is 4.47 Å². The molecule has 0 saturated carbocycles. The molecule has 1 rings (SSSR count). The molecule has 0 aliphatic carbocycles. The Labute approximate surface area is 126 Å². The Kier molecular flexibility index (Phi) is 5.37. The maximum absolute atomic E-state index is 12.3. The highest BCUT2D eigenvalue weighted by Crippen LogP contribution is 2.28. The smallest absolute Gasteiger partial charge is 0.405 e. The normalized spacial score (nSPS) is 14.6. The summed E-state index contributed by atoms with van der Waals surface area (Å²) in [6.07, 6.45) is -3.68. The van der Waals surface area contributed by atoms with Crippen molar-refractivity contribution in [3.63, 3.8) is 0 Å². The quantitative estimate of drug-likeness (QED) is 0.745. The fraction of sp³-hybridized carbons (Fsp3) is 0.417. The van der Waals surface area contributed by atoms with Gasteiger partial charge < -0.3 is 4.74 Å². The Bertz CT molecular complexity index is 538. The van der Waals surface area contributed by atoms with Crippen molar-refractivity contribution in [1.82, 2.24) is 0 Å². The molecule has 3 nitrogen and oxygen atoms in total. The zero-order chi connectivity index (χ0) is 15.6. The van der Waals surface area contributed by atoms with E-state index in [2.05, 4.69) is 25.1 Å². The summed E-state index contributed by atoms with van der Waals surface area (Å²) in [7, 11) is -1.55. The van der Waals surface area contributed by atoms with Crippen LogP contribution in [0.5, 0.6) is 5.75 Å². The first-order chi connectivity index (χ1) is 8.99. The van der Waals surface area contributed by atoms with Gasteiger partial charge in [-0.1, -0.05) is 15.9 Å². The molecule has 0 amide bonds.